The summed E-state index contributed by atoms with van der Waals surface area (Å²) < 4.78 is 14.7. The fraction of sp³-hybridized carbons (Fsp3) is 0.364. The highest BCUT2D eigenvalue weighted by molar-refractivity contribution is 5.97. The van der Waals surface area contributed by atoms with Gasteiger partial charge in [0, 0.05) is 31.7 Å². The van der Waals surface area contributed by atoms with Gasteiger partial charge in [0.05, 0.1) is 12.2 Å². The van der Waals surface area contributed by atoms with E-state index >= 15 is 0 Å². The first kappa shape index (κ1) is 21.0. The maximum absolute atomic E-state index is 14.7. The van der Waals surface area contributed by atoms with Crippen molar-refractivity contribution in [2.75, 3.05) is 44.7 Å². The molecule has 3 rings (SSSR count). The second-order valence-electron chi connectivity index (χ2n) is 7.39. The van der Waals surface area contributed by atoms with Crippen LogP contribution in [0.5, 0.6) is 0 Å². The number of halogens is 1. The summed E-state index contributed by atoms with van der Waals surface area (Å²) in [6.45, 7) is 4.14. The maximum Gasteiger partial charge on any atom is 0.324 e. The molecule has 0 unspecified atom stereocenters. The summed E-state index contributed by atoms with van der Waals surface area (Å²) in [5.41, 5.74) is 2.18. The van der Waals surface area contributed by atoms with Gasteiger partial charge in [0.1, 0.15) is 12.4 Å². The third-order valence-corrected chi connectivity index (χ3v) is 5.16. The molecule has 7 heteroatoms. The summed E-state index contributed by atoms with van der Waals surface area (Å²) >= 11 is 0. The van der Waals surface area contributed by atoms with Gasteiger partial charge in [-0.2, -0.15) is 0 Å². The first-order chi connectivity index (χ1) is 13.9. The molecule has 0 atom stereocenters. The smallest absolute Gasteiger partial charge is 0.324 e. The average molecular weight is 399 g/mol. The second kappa shape index (κ2) is 9.15. The number of benzene rings is 2. The monoisotopic (exact) mass is 399 g/mol. The van der Waals surface area contributed by atoms with Gasteiger partial charge in [0.25, 0.3) is 0 Å². The molecule has 6 nitrogen and oxygen atoms in total. The molecule has 0 aliphatic carbocycles. The normalized spacial score (nSPS) is 14.7. The van der Waals surface area contributed by atoms with Crippen LogP contribution >= 0.6 is 0 Å². The van der Waals surface area contributed by atoms with Crippen LogP contribution in [0.4, 0.5) is 14.9 Å². The van der Waals surface area contributed by atoms with Gasteiger partial charge in [-0.05, 0) is 37.2 Å². The minimum absolute atomic E-state index is 0.179. The Hall–Kier alpha value is -2.77. The Morgan fingerprint density at radius 2 is 1.72 bits per heavy atom. The summed E-state index contributed by atoms with van der Waals surface area (Å²) in [4.78, 5) is 30.2. The molecule has 0 spiro atoms. The summed E-state index contributed by atoms with van der Waals surface area (Å²) in [7, 11) is 2.01. The maximum atomic E-state index is 14.7. The number of piperazine rings is 1. The van der Waals surface area contributed by atoms with E-state index in [-0.39, 0.29) is 24.0 Å². The van der Waals surface area contributed by atoms with Gasteiger partial charge in [0.15, 0.2) is 5.78 Å². The molecule has 1 saturated heterocycles. The molecular weight excluding hydrogens is 373 g/mol. The number of carbonyl (C=O) groups excluding carboxylic acids is 2. The number of aliphatic hydroxyl groups is 1. The van der Waals surface area contributed by atoms with E-state index in [2.05, 4.69) is 4.90 Å². The van der Waals surface area contributed by atoms with Crippen LogP contribution in [0.2, 0.25) is 0 Å². The molecule has 0 radical (unpaired) electrons. The molecule has 1 fully saturated rings. The van der Waals surface area contributed by atoms with Crippen LogP contribution in [0.3, 0.4) is 0 Å². The summed E-state index contributed by atoms with van der Waals surface area (Å²) in [6, 6.07) is 11.3. The van der Waals surface area contributed by atoms with Gasteiger partial charge < -0.3 is 14.9 Å². The molecule has 1 heterocycles. The number of amides is 2. The predicted molar refractivity (Wildman–Crippen MR) is 110 cm³/mol. The second-order valence-corrected chi connectivity index (χ2v) is 7.39. The number of aliphatic hydroxyl groups excluding tert-OH is 1. The van der Waals surface area contributed by atoms with Crippen molar-refractivity contribution in [3.8, 4) is 0 Å². The highest BCUT2D eigenvalue weighted by Crippen LogP contribution is 2.24. The van der Waals surface area contributed by atoms with Crippen LogP contribution in [-0.4, -0.2) is 66.6 Å². The minimum atomic E-state index is -0.554. The zero-order valence-corrected chi connectivity index (χ0v) is 16.8. The van der Waals surface area contributed by atoms with Crippen molar-refractivity contribution in [3.05, 3.63) is 65.0 Å². The highest BCUT2D eigenvalue weighted by atomic mass is 19.1. The number of Topliss-reactive ketones (excluding diaryl/α,β-unsaturated/α-hetero) is 1. The fourth-order valence-corrected chi connectivity index (χ4v) is 3.33. The van der Waals surface area contributed by atoms with E-state index in [9.17, 15) is 14.0 Å². The van der Waals surface area contributed by atoms with Crippen LogP contribution in [0.15, 0.2) is 42.5 Å². The number of nitrogens with zero attached hydrogens (tertiary/aromatic N) is 3. The first-order valence-electron chi connectivity index (χ1n) is 9.63. The molecule has 1 aliphatic heterocycles. The van der Waals surface area contributed by atoms with Gasteiger partial charge in [-0.25, -0.2) is 9.18 Å². The van der Waals surface area contributed by atoms with Crippen LogP contribution in [0.1, 0.15) is 21.5 Å². The summed E-state index contributed by atoms with van der Waals surface area (Å²) in [5, 5.41) is 8.99. The Morgan fingerprint density at radius 3 is 2.31 bits per heavy atom. The van der Waals surface area contributed by atoms with Gasteiger partial charge in [0.2, 0.25) is 0 Å². The molecule has 0 bridgehead atoms. The molecule has 154 valence electrons. The van der Waals surface area contributed by atoms with E-state index in [4.69, 9.17) is 5.11 Å². The lowest BCUT2D eigenvalue weighted by molar-refractivity contribution is 0.0903. The van der Waals surface area contributed by atoms with Crippen LogP contribution in [0.25, 0.3) is 0 Å². The molecule has 1 aliphatic rings. The molecule has 0 aromatic heterocycles. The lowest BCUT2D eigenvalue weighted by atomic mass is 10.1. The number of carbonyl (C=O) groups is 2. The van der Waals surface area contributed by atoms with E-state index in [0.29, 0.717) is 18.7 Å². The molecule has 0 saturated carbocycles. The Balaban J connectivity index is 1.88. The molecule has 29 heavy (non-hydrogen) atoms. The number of hydrogen-bond donors (Lipinski definition) is 1. The topological polar surface area (TPSA) is 64.1 Å². The van der Waals surface area contributed by atoms with Gasteiger partial charge >= 0.3 is 6.03 Å². The van der Waals surface area contributed by atoms with Crippen molar-refractivity contribution in [2.45, 2.75) is 13.5 Å². The van der Waals surface area contributed by atoms with Crippen molar-refractivity contribution in [2.24, 2.45) is 0 Å². The summed E-state index contributed by atoms with van der Waals surface area (Å²) in [5.74, 6) is -0.814. The lowest BCUT2D eigenvalue weighted by Crippen LogP contribution is -2.52. The molecule has 2 aromatic rings. The quantitative estimate of drug-likeness (QED) is 0.786. The molecule has 2 aromatic carbocycles. The van der Waals surface area contributed by atoms with Crippen molar-refractivity contribution in [1.29, 1.82) is 0 Å². The van der Waals surface area contributed by atoms with Crippen molar-refractivity contribution in [1.82, 2.24) is 9.80 Å². The largest absolute Gasteiger partial charge is 0.388 e. The number of ketones is 1. The van der Waals surface area contributed by atoms with E-state index in [0.717, 1.165) is 24.2 Å². The number of rotatable bonds is 5. The molecule has 1 N–H and O–H groups in total. The van der Waals surface area contributed by atoms with Crippen molar-refractivity contribution in [3.63, 3.8) is 0 Å². The van der Waals surface area contributed by atoms with Gasteiger partial charge in [-0.1, -0.05) is 30.3 Å². The molecule has 2 amide bonds. The van der Waals surface area contributed by atoms with E-state index in [1.165, 1.54) is 11.0 Å². The van der Waals surface area contributed by atoms with Crippen LogP contribution < -0.4 is 4.90 Å². The Kier molecular flexibility index (Phi) is 6.61. The van der Waals surface area contributed by atoms with Crippen molar-refractivity contribution < 1.29 is 19.1 Å². The van der Waals surface area contributed by atoms with Gasteiger partial charge in [-0.15, -0.1) is 0 Å². The predicted octanol–water partition coefficient (Wildman–Crippen LogP) is 2.68. The zero-order chi connectivity index (χ0) is 21.0. The third kappa shape index (κ3) is 4.99. The van der Waals surface area contributed by atoms with E-state index < -0.39 is 12.4 Å². The van der Waals surface area contributed by atoms with Gasteiger partial charge in [-0.3, -0.25) is 9.69 Å². The SMILES string of the molecule is Cc1ccc(N(Cc2ccc(C(=O)CO)cc2)C(=O)N2CCN(C)CC2)c(F)c1. The number of anilines is 1. The summed E-state index contributed by atoms with van der Waals surface area (Å²) in [6.07, 6.45) is 0. The highest BCUT2D eigenvalue weighted by Gasteiger charge is 2.27. The number of urea groups is 1. The number of hydrogen-bond acceptors (Lipinski definition) is 4. The van der Waals surface area contributed by atoms with E-state index in [1.54, 1.807) is 48.2 Å². The standard InChI is InChI=1S/C22H26FN3O3/c1-16-3-8-20(19(23)13-16)26(22(29)25-11-9-24(2)10-12-25)14-17-4-6-18(7-5-17)21(28)15-27/h3-8,13,27H,9-12,14-15H2,1-2H3. The lowest BCUT2D eigenvalue weighted by Gasteiger charge is -2.36. The Labute approximate surface area is 170 Å². The zero-order valence-electron chi connectivity index (χ0n) is 16.8. The van der Waals surface area contributed by atoms with Crippen LogP contribution in [-0.2, 0) is 6.54 Å². The number of aryl methyl sites for hydroxylation is 1. The average Bonchev–Trinajstić information content (AvgIpc) is 2.72. The fourth-order valence-electron chi connectivity index (χ4n) is 3.33. The minimum Gasteiger partial charge on any atom is -0.388 e. The Morgan fingerprint density at radius 1 is 1.07 bits per heavy atom. The van der Waals surface area contributed by atoms with E-state index in [1.807, 2.05) is 7.05 Å². The first-order valence-corrected chi connectivity index (χ1v) is 9.63. The molecular formula is C22H26FN3O3. The number of likely N-dealkylation sites (N-methyl/N-ethyl adjacent to an activating group) is 1. The Bertz CT molecular complexity index is 877. The van der Waals surface area contributed by atoms with Crippen LogP contribution in [0, 0.1) is 12.7 Å². The third-order valence-electron chi connectivity index (χ3n) is 5.16. The van der Waals surface area contributed by atoms with Crippen molar-refractivity contribution >= 4 is 17.5 Å².